The second-order valence-electron chi connectivity index (χ2n) is 9.41. The zero-order valence-electron chi connectivity index (χ0n) is 21.6. The van der Waals surface area contributed by atoms with Gasteiger partial charge in [-0.3, -0.25) is 0 Å². The molecule has 0 aromatic heterocycles. The first-order valence-corrected chi connectivity index (χ1v) is 13.0. The number of nitrogens with one attached hydrogen (secondary N) is 1. The molecule has 1 heterocycles. The van der Waals surface area contributed by atoms with Crippen LogP contribution in [0.15, 0.2) is 91.0 Å². The average molecular weight is 512 g/mol. The zero-order valence-corrected chi connectivity index (χ0v) is 21.6. The third-order valence-electron chi connectivity index (χ3n) is 6.92. The summed E-state index contributed by atoms with van der Waals surface area (Å²) in [6.45, 7) is 2.84. The second kappa shape index (κ2) is 12.6. The standard InChI is InChI=1S/C32H33NO5/c1-35-28-12-10-26(11-13-28)32(34)37-19-18-36-29-14-8-25(9-15-29)30-16-17-33-21-31(30)38-22-23-6-7-24-4-2-3-5-27(24)20-23/h2-15,20,30-31,33H,16-19,21-22H2,1H3. The fourth-order valence-electron chi connectivity index (χ4n) is 4.83. The first kappa shape index (κ1) is 25.8. The van der Waals surface area contributed by atoms with Crippen LogP contribution in [0.1, 0.15) is 33.8 Å². The van der Waals surface area contributed by atoms with Gasteiger partial charge in [0.25, 0.3) is 0 Å². The number of methoxy groups -OCH3 is 1. The van der Waals surface area contributed by atoms with Crippen molar-refractivity contribution in [2.45, 2.75) is 25.0 Å². The zero-order chi connectivity index (χ0) is 26.2. The molecular formula is C32H33NO5. The minimum absolute atomic E-state index is 0.0966. The first-order chi connectivity index (χ1) is 18.7. The smallest absolute Gasteiger partial charge is 0.338 e. The number of rotatable bonds is 10. The van der Waals surface area contributed by atoms with Crippen molar-refractivity contribution in [1.82, 2.24) is 5.32 Å². The second-order valence-corrected chi connectivity index (χ2v) is 9.41. The van der Waals surface area contributed by atoms with E-state index in [0.717, 1.165) is 25.3 Å². The van der Waals surface area contributed by atoms with Gasteiger partial charge in [-0.05, 0) is 77.3 Å². The molecule has 2 unspecified atom stereocenters. The van der Waals surface area contributed by atoms with Gasteiger partial charge in [0, 0.05) is 12.5 Å². The van der Waals surface area contributed by atoms with Gasteiger partial charge in [-0.25, -0.2) is 4.79 Å². The maximum absolute atomic E-state index is 12.2. The summed E-state index contributed by atoms with van der Waals surface area (Å²) in [4.78, 5) is 12.2. The number of ether oxygens (including phenoxy) is 4. The molecule has 1 fully saturated rings. The molecular weight excluding hydrogens is 478 g/mol. The topological polar surface area (TPSA) is 66.0 Å². The van der Waals surface area contributed by atoms with Crippen LogP contribution < -0.4 is 14.8 Å². The quantitative estimate of drug-likeness (QED) is 0.216. The highest BCUT2D eigenvalue weighted by atomic mass is 16.6. The van der Waals surface area contributed by atoms with Gasteiger partial charge < -0.3 is 24.3 Å². The van der Waals surface area contributed by atoms with E-state index in [9.17, 15) is 4.79 Å². The molecule has 4 aromatic rings. The lowest BCUT2D eigenvalue weighted by Crippen LogP contribution is -2.40. The van der Waals surface area contributed by atoms with Crippen LogP contribution in [0, 0.1) is 0 Å². The molecule has 1 N–H and O–H groups in total. The minimum atomic E-state index is -0.382. The summed E-state index contributed by atoms with van der Waals surface area (Å²) in [5.41, 5.74) is 2.91. The molecule has 38 heavy (non-hydrogen) atoms. The Hall–Kier alpha value is -3.87. The Morgan fingerprint density at radius 1 is 0.868 bits per heavy atom. The van der Waals surface area contributed by atoms with Crippen molar-refractivity contribution in [3.05, 3.63) is 108 Å². The molecule has 0 saturated carbocycles. The molecule has 5 rings (SSSR count). The number of carbonyl (C=O) groups is 1. The lowest BCUT2D eigenvalue weighted by Gasteiger charge is -2.32. The lowest BCUT2D eigenvalue weighted by atomic mass is 9.87. The van der Waals surface area contributed by atoms with E-state index in [2.05, 4.69) is 59.9 Å². The van der Waals surface area contributed by atoms with E-state index >= 15 is 0 Å². The van der Waals surface area contributed by atoms with E-state index in [0.29, 0.717) is 23.8 Å². The van der Waals surface area contributed by atoms with Gasteiger partial charge in [0.1, 0.15) is 24.7 Å². The van der Waals surface area contributed by atoms with Gasteiger partial charge >= 0.3 is 5.97 Å². The van der Waals surface area contributed by atoms with E-state index in [1.54, 1.807) is 31.4 Å². The molecule has 2 atom stereocenters. The highest BCUT2D eigenvalue weighted by Crippen LogP contribution is 2.30. The van der Waals surface area contributed by atoms with Crippen LogP contribution in [0.4, 0.5) is 0 Å². The van der Waals surface area contributed by atoms with E-state index < -0.39 is 0 Å². The highest BCUT2D eigenvalue weighted by Gasteiger charge is 2.27. The normalized spacial score (nSPS) is 17.2. The molecule has 1 saturated heterocycles. The molecule has 0 amide bonds. The maximum Gasteiger partial charge on any atom is 0.338 e. The van der Waals surface area contributed by atoms with Crippen LogP contribution in [0.2, 0.25) is 0 Å². The average Bonchev–Trinajstić information content (AvgIpc) is 2.98. The van der Waals surface area contributed by atoms with Crippen molar-refractivity contribution in [2.24, 2.45) is 0 Å². The number of benzene rings is 4. The Labute approximate surface area is 223 Å². The summed E-state index contributed by atoms with van der Waals surface area (Å²) >= 11 is 0. The molecule has 0 aliphatic carbocycles. The first-order valence-electron chi connectivity index (χ1n) is 13.0. The Morgan fingerprint density at radius 2 is 1.63 bits per heavy atom. The SMILES string of the molecule is COc1ccc(C(=O)OCCOc2ccc(C3CCNCC3OCc3ccc4ccccc4c3)cc2)cc1. The summed E-state index contributed by atoms with van der Waals surface area (Å²) < 4.78 is 22.6. The van der Waals surface area contributed by atoms with Crippen molar-refractivity contribution in [3.8, 4) is 11.5 Å². The lowest BCUT2D eigenvalue weighted by molar-refractivity contribution is 0.0106. The Balaban J connectivity index is 1.11. The predicted molar refractivity (Wildman–Crippen MR) is 148 cm³/mol. The minimum Gasteiger partial charge on any atom is -0.497 e. The molecule has 0 spiro atoms. The van der Waals surface area contributed by atoms with Gasteiger partial charge in [-0.1, -0.05) is 48.5 Å². The highest BCUT2D eigenvalue weighted by molar-refractivity contribution is 5.89. The van der Waals surface area contributed by atoms with Gasteiger partial charge in [0.2, 0.25) is 0 Å². The summed E-state index contributed by atoms with van der Waals surface area (Å²) in [6, 6.07) is 29.9. The maximum atomic E-state index is 12.2. The van der Waals surface area contributed by atoms with Gasteiger partial charge in [-0.2, -0.15) is 0 Å². The van der Waals surface area contributed by atoms with E-state index in [-0.39, 0.29) is 25.3 Å². The molecule has 4 aromatic carbocycles. The molecule has 196 valence electrons. The molecule has 1 aliphatic heterocycles. The van der Waals surface area contributed by atoms with Crippen LogP contribution in [-0.4, -0.2) is 45.5 Å². The third kappa shape index (κ3) is 6.52. The largest absolute Gasteiger partial charge is 0.497 e. The number of hydrogen-bond acceptors (Lipinski definition) is 6. The number of hydrogen-bond donors (Lipinski definition) is 1. The Bertz CT molecular complexity index is 1340. The number of esters is 1. The molecule has 6 nitrogen and oxygen atoms in total. The van der Waals surface area contributed by atoms with Crippen molar-refractivity contribution in [2.75, 3.05) is 33.4 Å². The predicted octanol–water partition coefficient (Wildman–Crippen LogP) is 5.75. The van der Waals surface area contributed by atoms with Crippen LogP contribution in [0.5, 0.6) is 11.5 Å². The van der Waals surface area contributed by atoms with Crippen molar-refractivity contribution in [1.29, 1.82) is 0 Å². The van der Waals surface area contributed by atoms with E-state index in [4.69, 9.17) is 18.9 Å². The number of piperidine rings is 1. The van der Waals surface area contributed by atoms with E-state index in [1.807, 2.05) is 12.1 Å². The molecule has 0 bridgehead atoms. The van der Waals surface area contributed by atoms with Crippen LogP contribution in [0.25, 0.3) is 10.8 Å². The number of carbonyl (C=O) groups excluding carboxylic acids is 1. The third-order valence-corrected chi connectivity index (χ3v) is 6.92. The number of fused-ring (bicyclic) bond motifs is 1. The van der Waals surface area contributed by atoms with Gasteiger partial charge in [-0.15, -0.1) is 0 Å². The van der Waals surface area contributed by atoms with Gasteiger partial charge in [0.05, 0.1) is 25.4 Å². The van der Waals surface area contributed by atoms with Crippen LogP contribution in [0.3, 0.4) is 0 Å². The van der Waals surface area contributed by atoms with Gasteiger partial charge in [0.15, 0.2) is 0 Å². The summed E-state index contributed by atoms with van der Waals surface area (Å²) in [5.74, 6) is 1.38. The monoisotopic (exact) mass is 511 g/mol. The Morgan fingerprint density at radius 3 is 2.42 bits per heavy atom. The fourth-order valence-corrected chi connectivity index (χ4v) is 4.83. The summed E-state index contributed by atoms with van der Waals surface area (Å²) in [7, 11) is 1.59. The molecule has 0 radical (unpaired) electrons. The van der Waals surface area contributed by atoms with Crippen molar-refractivity contribution < 1.29 is 23.7 Å². The van der Waals surface area contributed by atoms with E-state index in [1.165, 1.54) is 21.9 Å². The fraction of sp³-hybridized carbons (Fsp3) is 0.281. The summed E-state index contributed by atoms with van der Waals surface area (Å²) in [5, 5.41) is 5.95. The van der Waals surface area contributed by atoms with Crippen LogP contribution in [-0.2, 0) is 16.1 Å². The summed E-state index contributed by atoms with van der Waals surface area (Å²) in [6.07, 6.45) is 1.11. The van der Waals surface area contributed by atoms with Crippen molar-refractivity contribution >= 4 is 16.7 Å². The van der Waals surface area contributed by atoms with Crippen LogP contribution >= 0.6 is 0 Å². The van der Waals surface area contributed by atoms with Crippen molar-refractivity contribution in [3.63, 3.8) is 0 Å². The Kier molecular flexibility index (Phi) is 8.53. The molecule has 1 aliphatic rings. The molecule has 6 heteroatoms.